The number of thioether (sulfide) groups is 1. The molecule has 1 aromatic rings. The Morgan fingerprint density at radius 3 is 2.44 bits per heavy atom. The highest BCUT2D eigenvalue weighted by Gasteiger charge is 2.31. The van der Waals surface area contributed by atoms with Gasteiger partial charge in [-0.3, -0.25) is 4.79 Å². The fourth-order valence-corrected chi connectivity index (χ4v) is 3.20. The van der Waals surface area contributed by atoms with Gasteiger partial charge in [0.05, 0.1) is 11.0 Å². The molecule has 0 spiro atoms. The maximum absolute atomic E-state index is 12.4. The van der Waals surface area contributed by atoms with Gasteiger partial charge in [0.15, 0.2) is 0 Å². The summed E-state index contributed by atoms with van der Waals surface area (Å²) in [7, 11) is 0. The number of ether oxygens (including phenoxy) is 1. The molecule has 0 aliphatic heterocycles. The molecule has 4 nitrogen and oxygen atoms in total. The van der Waals surface area contributed by atoms with Crippen molar-refractivity contribution in [2.75, 3.05) is 6.61 Å². The molecule has 1 aliphatic carbocycles. The summed E-state index contributed by atoms with van der Waals surface area (Å²) >= 11 is 1.50. The smallest absolute Gasteiger partial charge is 0.335 e. The topological polar surface area (TPSA) is 63.6 Å². The molecule has 1 aliphatic rings. The highest BCUT2D eigenvalue weighted by molar-refractivity contribution is 8.06. The fourth-order valence-electron chi connectivity index (χ4n) is 2.47. The summed E-state index contributed by atoms with van der Waals surface area (Å²) in [6, 6.07) is 6.75. The van der Waals surface area contributed by atoms with Crippen LogP contribution in [-0.2, 0) is 9.53 Å². The molecule has 1 unspecified atom stereocenters. The Hall–Kier alpha value is -2.53. The third kappa shape index (κ3) is 5.73. The zero-order valence-corrected chi connectivity index (χ0v) is 16.6. The largest absolute Gasteiger partial charge is 0.478 e. The SMILES string of the molecule is C/C=C(/COC(=O)C1(C)C=CC=CC1)S/C=C(\C)c1ccc(C(=O)O)cc1. The average molecular weight is 384 g/mol. The van der Waals surface area contributed by atoms with Gasteiger partial charge in [-0.2, -0.15) is 0 Å². The van der Waals surface area contributed by atoms with Crippen LogP contribution in [0.1, 0.15) is 43.1 Å². The van der Waals surface area contributed by atoms with Crippen molar-refractivity contribution in [3.05, 3.63) is 76.1 Å². The van der Waals surface area contributed by atoms with Crippen molar-refractivity contribution >= 4 is 29.3 Å². The first-order valence-electron chi connectivity index (χ1n) is 8.69. The molecule has 2 rings (SSSR count). The zero-order chi connectivity index (χ0) is 19.9. The quantitative estimate of drug-likeness (QED) is 0.634. The zero-order valence-electron chi connectivity index (χ0n) is 15.8. The van der Waals surface area contributed by atoms with Crippen molar-refractivity contribution in [3.63, 3.8) is 0 Å². The molecule has 0 saturated heterocycles. The normalized spacial score (nSPS) is 19.8. The van der Waals surface area contributed by atoms with Crippen LogP contribution in [0.15, 0.2) is 65.0 Å². The Morgan fingerprint density at radius 1 is 1.22 bits per heavy atom. The van der Waals surface area contributed by atoms with E-state index in [2.05, 4.69) is 0 Å². The second-order valence-corrected chi connectivity index (χ2v) is 7.54. The number of allylic oxidation sites excluding steroid dienone is 5. The number of carboxylic acid groups (broad SMARTS) is 1. The molecule has 0 aromatic heterocycles. The van der Waals surface area contributed by atoms with Crippen molar-refractivity contribution in [2.24, 2.45) is 5.41 Å². The Bertz CT molecular complexity index is 815. The Labute approximate surface area is 164 Å². The molecule has 142 valence electrons. The first-order valence-corrected chi connectivity index (χ1v) is 9.57. The van der Waals surface area contributed by atoms with Crippen molar-refractivity contribution in [2.45, 2.75) is 27.2 Å². The predicted molar refractivity (Wildman–Crippen MR) is 110 cm³/mol. The Balaban J connectivity index is 1.93. The van der Waals surface area contributed by atoms with Crippen LogP contribution in [-0.4, -0.2) is 23.7 Å². The number of carbonyl (C=O) groups is 2. The summed E-state index contributed by atoms with van der Waals surface area (Å²) in [5.41, 5.74) is 1.62. The van der Waals surface area contributed by atoms with E-state index < -0.39 is 11.4 Å². The van der Waals surface area contributed by atoms with Gasteiger partial charge in [-0.05, 0) is 55.9 Å². The van der Waals surface area contributed by atoms with Crippen LogP contribution in [0.4, 0.5) is 0 Å². The predicted octanol–water partition coefficient (Wildman–Crippen LogP) is 5.45. The Morgan fingerprint density at radius 2 is 1.89 bits per heavy atom. The number of benzene rings is 1. The first-order chi connectivity index (χ1) is 12.9. The van der Waals surface area contributed by atoms with Crippen molar-refractivity contribution in [1.29, 1.82) is 0 Å². The number of hydrogen-bond donors (Lipinski definition) is 1. The summed E-state index contributed by atoms with van der Waals surface area (Å²) in [5, 5.41) is 10.9. The van der Waals surface area contributed by atoms with Crippen LogP contribution in [0.3, 0.4) is 0 Å². The van der Waals surface area contributed by atoms with Gasteiger partial charge in [-0.25, -0.2) is 4.79 Å². The van der Waals surface area contributed by atoms with E-state index in [9.17, 15) is 9.59 Å². The molecule has 0 amide bonds. The minimum absolute atomic E-state index is 0.229. The molecule has 27 heavy (non-hydrogen) atoms. The van der Waals surface area contributed by atoms with E-state index in [0.717, 1.165) is 16.0 Å². The molecular weight excluding hydrogens is 360 g/mol. The van der Waals surface area contributed by atoms with Crippen LogP contribution in [0.2, 0.25) is 0 Å². The molecule has 1 aromatic carbocycles. The van der Waals surface area contributed by atoms with Gasteiger partial charge in [0.25, 0.3) is 0 Å². The highest BCUT2D eigenvalue weighted by atomic mass is 32.2. The number of carbonyl (C=O) groups excluding carboxylic acids is 1. The minimum atomic E-state index is -0.937. The van der Waals surface area contributed by atoms with Crippen LogP contribution < -0.4 is 0 Å². The minimum Gasteiger partial charge on any atom is -0.478 e. The van der Waals surface area contributed by atoms with Gasteiger partial charge in [-0.15, -0.1) is 0 Å². The van der Waals surface area contributed by atoms with E-state index in [-0.39, 0.29) is 18.1 Å². The van der Waals surface area contributed by atoms with Crippen molar-refractivity contribution in [1.82, 2.24) is 0 Å². The lowest BCUT2D eigenvalue weighted by molar-refractivity contribution is -0.150. The molecule has 0 bridgehead atoms. The second kappa shape index (κ2) is 9.42. The lowest BCUT2D eigenvalue weighted by atomic mass is 9.84. The molecule has 1 N–H and O–H groups in total. The van der Waals surface area contributed by atoms with Gasteiger partial charge in [0, 0.05) is 4.91 Å². The number of aromatic carboxylic acids is 1. The fraction of sp³-hybridized carbons (Fsp3) is 0.273. The summed E-state index contributed by atoms with van der Waals surface area (Å²) in [4.78, 5) is 24.2. The van der Waals surface area contributed by atoms with Crippen LogP contribution in [0.5, 0.6) is 0 Å². The lowest BCUT2D eigenvalue weighted by Gasteiger charge is -2.24. The van der Waals surface area contributed by atoms with Crippen LogP contribution >= 0.6 is 11.8 Å². The third-order valence-corrected chi connectivity index (χ3v) is 5.49. The van der Waals surface area contributed by atoms with E-state index in [4.69, 9.17) is 9.84 Å². The molecular formula is C22H24O4S. The van der Waals surface area contributed by atoms with Crippen LogP contribution in [0.25, 0.3) is 5.57 Å². The average Bonchev–Trinajstić information content (AvgIpc) is 2.68. The lowest BCUT2D eigenvalue weighted by Crippen LogP contribution is -2.28. The van der Waals surface area contributed by atoms with Crippen molar-refractivity contribution in [3.8, 4) is 0 Å². The van der Waals surface area contributed by atoms with Gasteiger partial charge in [0.2, 0.25) is 0 Å². The Kier molecular flexibility index (Phi) is 7.25. The number of rotatable bonds is 7. The van der Waals surface area contributed by atoms with E-state index in [1.165, 1.54) is 11.8 Å². The molecule has 5 heteroatoms. The molecule has 0 saturated carbocycles. The van der Waals surface area contributed by atoms with Gasteiger partial charge >= 0.3 is 11.9 Å². The van der Waals surface area contributed by atoms with Gasteiger partial charge < -0.3 is 9.84 Å². The van der Waals surface area contributed by atoms with Gasteiger partial charge in [-0.1, -0.05) is 54.3 Å². The summed E-state index contributed by atoms with van der Waals surface area (Å²) in [6.45, 7) is 5.98. The van der Waals surface area contributed by atoms with E-state index in [1.54, 1.807) is 24.3 Å². The second-order valence-electron chi connectivity index (χ2n) is 6.54. The highest BCUT2D eigenvalue weighted by Crippen LogP contribution is 2.30. The summed E-state index contributed by atoms with van der Waals surface area (Å²) in [5.74, 6) is -1.17. The molecule has 0 heterocycles. The summed E-state index contributed by atoms with van der Waals surface area (Å²) < 4.78 is 5.51. The van der Waals surface area contributed by atoms with E-state index in [1.807, 2.05) is 56.6 Å². The first kappa shape index (κ1) is 20.8. The van der Waals surface area contributed by atoms with Crippen LogP contribution in [0, 0.1) is 5.41 Å². The maximum atomic E-state index is 12.4. The van der Waals surface area contributed by atoms with Crippen molar-refractivity contribution < 1.29 is 19.4 Å². The monoisotopic (exact) mass is 384 g/mol. The van der Waals surface area contributed by atoms with Gasteiger partial charge in [0.1, 0.15) is 6.61 Å². The maximum Gasteiger partial charge on any atom is 0.335 e. The molecule has 1 atom stereocenters. The van der Waals surface area contributed by atoms with E-state index in [0.29, 0.717) is 6.42 Å². The van der Waals surface area contributed by atoms with E-state index >= 15 is 0 Å². The molecule has 0 fully saturated rings. The number of esters is 1. The molecule has 0 radical (unpaired) electrons. The number of carboxylic acids is 1. The standard InChI is InChI=1S/C22H24O4S/c1-4-19(14-26-21(25)22(3)12-6-5-7-13-22)27-15-16(2)17-8-10-18(11-9-17)20(23)24/h4-12,15H,13-14H2,1-3H3,(H,23,24)/b16-15+,19-4-. The third-order valence-electron chi connectivity index (χ3n) is 4.36. The number of hydrogen-bond acceptors (Lipinski definition) is 4. The summed E-state index contributed by atoms with van der Waals surface area (Å²) in [6.07, 6.45) is 10.2.